The van der Waals surface area contributed by atoms with Crippen LogP contribution in [0.3, 0.4) is 0 Å². The first-order valence-corrected chi connectivity index (χ1v) is 12.1. The molecule has 18 heteroatoms. The van der Waals surface area contributed by atoms with Crippen molar-refractivity contribution >= 4 is 16.5 Å². The topological polar surface area (TPSA) is 129 Å². The van der Waals surface area contributed by atoms with Gasteiger partial charge < -0.3 is 15.0 Å². The molecule has 3 heterocycles. The first-order valence-electron chi connectivity index (χ1n) is 12.1. The number of rotatable bonds is 9. The minimum absolute atomic E-state index is 0.0991. The van der Waals surface area contributed by atoms with Gasteiger partial charge in [0.05, 0.1) is 35.0 Å². The summed E-state index contributed by atoms with van der Waals surface area (Å²) < 4.78 is 120. The molecule has 0 saturated carbocycles. The molecule has 0 spiro atoms. The first-order chi connectivity index (χ1) is 20.2. The number of hydrogen-bond donors (Lipinski definition) is 2. The van der Waals surface area contributed by atoms with E-state index in [1.807, 2.05) is 0 Å². The van der Waals surface area contributed by atoms with Gasteiger partial charge in [0.15, 0.2) is 17.5 Å². The number of nitrogens with one attached hydrogen (secondary N) is 1. The third kappa shape index (κ3) is 8.30. The SMILES string of the molecule is Nc1cn[nH]c(=O)c1C(F)(F)F.O=c1c2c(F)c(F)c(-c3ncc(C(F)F)cn3)cc2ccn1CCCCCOC(F)F. The number of benzene rings is 1. The highest BCUT2D eigenvalue weighted by molar-refractivity contribution is 5.86. The largest absolute Gasteiger partial charge is 0.423 e. The molecule has 0 aliphatic heterocycles. The molecular weight excluding hydrogens is 603 g/mol. The van der Waals surface area contributed by atoms with Crippen LogP contribution in [0.25, 0.3) is 22.2 Å². The van der Waals surface area contributed by atoms with Crippen molar-refractivity contribution in [3.8, 4) is 11.4 Å². The summed E-state index contributed by atoms with van der Waals surface area (Å²) in [6, 6.07) is 2.59. The van der Waals surface area contributed by atoms with Crippen LogP contribution in [0.1, 0.15) is 36.8 Å². The number of nitrogen functional groups attached to an aromatic ring is 1. The van der Waals surface area contributed by atoms with E-state index in [4.69, 9.17) is 5.73 Å². The van der Waals surface area contributed by atoms with Crippen LogP contribution in [0.15, 0.2) is 46.5 Å². The molecule has 4 rings (SSSR count). The fourth-order valence-corrected chi connectivity index (χ4v) is 3.74. The fourth-order valence-electron chi connectivity index (χ4n) is 3.74. The normalized spacial score (nSPS) is 11.7. The van der Waals surface area contributed by atoms with Crippen molar-refractivity contribution < 1.29 is 44.3 Å². The van der Waals surface area contributed by atoms with Crippen molar-refractivity contribution in [2.75, 3.05) is 12.3 Å². The molecule has 0 bridgehead atoms. The standard InChI is InChI=1S/C20H17F6N3O2.C5H4F3N3O/c21-15-13(18-27-9-12(10-28-18)17(23)24)8-11-4-6-29(19(30)14(11)16(15)22)5-2-1-3-7-31-20(25)26;6-5(7,8)3-2(9)1-10-11-4(3)12/h4,6,8-10,17,20H,1-3,5,7H2;1H,(H3,9,11,12). The van der Waals surface area contributed by atoms with Crippen LogP contribution in [0, 0.1) is 11.6 Å². The van der Waals surface area contributed by atoms with E-state index >= 15 is 0 Å². The molecule has 0 aliphatic carbocycles. The van der Waals surface area contributed by atoms with E-state index in [9.17, 15) is 49.1 Å². The van der Waals surface area contributed by atoms with Crippen LogP contribution in [-0.4, -0.2) is 38.0 Å². The van der Waals surface area contributed by atoms with E-state index in [-0.39, 0.29) is 29.9 Å². The maximum atomic E-state index is 14.7. The minimum atomic E-state index is -4.74. The zero-order valence-electron chi connectivity index (χ0n) is 21.6. The number of nitrogens with zero attached hydrogens (tertiary/aromatic N) is 4. The summed E-state index contributed by atoms with van der Waals surface area (Å²) in [6.07, 6.45) is -2.44. The van der Waals surface area contributed by atoms with Gasteiger partial charge in [-0.05, 0) is 36.8 Å². The monoisotopic (exact) mass is 624 g/mol. The number of ether oxygens (including phenoxy) is 1. The lowest BCUT2D eigenvalue weighted by Crippen LogP contribution is -2.24. The van der Waals surface area contributed by atoms with Crippen molar-refractivity contribution in [2.24, 2.45) is 0 Å². The molecule has 0 atom stereocenters. The third-order valence-corrected chi connectivity index (χ3v) is 5.77. The molecular formula is C25H21F9N6O3. The Hall–Kier alpha value is -4.48. The van der Waals surface area contributed by atoms with Crippen molar-refractivity contribution in [1.29, 1.82) is 0 Å². The van der Waals surface area contributed by atoms with Gasteiger partial charge in [0.1, 0.15) is 5.56 Å². The highest BCUT2D eigenvalue weighted by atomic mass is 19.4. The van der Waals surface area contributed by atoms with E-state index in [1.165, 1.54) is 22.9 Å². The van der Waals surface area contributed by atoms with Gasteiger partial charge in [0.2, 0.25) is 0 Å². The number of H-pyrrole nitrogens is 1. The molecule has 9 nitrogen and oxygen atoms in total. The molecule has 0 unspecified atom stereocenters. The molecule has 0 fully saturated rings. The number of fused-ring (bicyclic) bond motifs is 1. The number of aromatic amines is 1. The molecule has 0 radical (unpaired) electrons. The lowest BCUT2D eigenvalue weighted by Gasteiger charge is -2.10. The molecule has 0 saturated heterocycles. The Bertz CT molecular complexity index is 1660. The minimum Gasteiger partial charge on any atom is -0.397 e. The van der Waals surface area contributed by atoms with Gasteiger partial charge in [-0.2, -0.15) is 27.1 Å². The number of alkyl halides is 7. The number of anilines is 1. The van der Waals surface area contributed by atoms with Gasteiger partial charge in [-0.3, -0.25) is 9.59 Å². The van der Waals surface area contributed by atoms with Gasteiger partial charge in [-0.15, -0.1) is 0 Å². The van der Waals surface area contributed by atoms with E-state index in [1.54, 1.807) is 5.10 Å². The Morgan fingerprint density at radius 1 is 0.977 bits per heavy atom. The summed E-state index contributed by atoms with van der Waals surface area (Å²) in [5.41, 5.74) is -0.0806. The van der Waals surface area contributed by atoms with Gasteiger partial charge >= 0.3 is 12.8 Å². The molecule has 0 amide bonds. The van der Waals surface area contributed by atoms with Crippen molar-refractivity contribution in [3.63, 3.8) is 0 Å². The highest BCUT2D eigenvalue weighted by Gasteiger charge is 2.36. The Morgan fingerprint density at radius 2 is 1.65 bits per heavy atom. The predicted octanol–water partition coefficient (Wildman–Crippen LogP) is 5.45. The van der Waals surface area contributed by atoms with E-state index < -0.39 is 64.2 Å². The highest BCUT2D eigenvalue weighted by Crippen LogP contribution is 2.30. The fraction of sp³-hybridized carbons (Fsp3) is 0.320. The summed E-state index contributed by atoms with van der Waals surface area (Å²) in [7, 11) is 0. The van der Waals surface area contributed by atoms with E-state index in [0.717, 1.165) is 18.6 Å². The molecule has 1 aromatic carbocycles. The van der Waals surface area contributed by atoms with Crippen molar-refractivity contribution in [3.05, 3.63) is 80.4 Å². The van der Waals surface area contributed by atoms with Gasteiger partial charge in [-0.1, -0.05) is 0 Å². The smallest absolute Gasteiger partial charge is 0.397 e. The Labute approximate surface area is 235 Å². The van der Waals surface area contributed by atoms with Crippen LogP contribution >= 0.6 is 0 Å². The van der Waals surface area contributed by atoms with E-state index in [0.29, 0.717) is 19.3 Å². The number of pyridine rings is 1. The number of halogens is 9. The number of nitrogens with two attached hydrogens (primary N) is 1. The second-order valence-corrected chi connectivity index (χ2v) is 8.69. The predicted molar refractivity (Wildman–Crippen MR) is 134 cm³/mol. The van der Waals surface area contributed by atoms with Crippen LogP contribution in [-0.2, 0) is 17.5 Å². The number of aromatic nitrogens is 5. The van der Waals surface area contributed by atoms with Crippen molar-refractivity contribution in [2.45, 2.75) is 45.0 Å². The Balaban J connectivity index is 0.000000353. The van der Waals surface area contributed by atoms with Crippen LogP contribution < -0.4 is 16.9 Å². The molecule has 43 heavy (non-hydrogen) atoms. The Kier molecular flexibility index (Phi) is 10.8. The summed E-state index contributed by atoms with van der Waals surface area (Å²) in [6.45, 7) is -2.77. The van der Waals surface area contributed by atoms with Gasteiger partial charge in [0, 0.05) is 25.1 Å². The molecule has 4 aromatic rings. The Morgan fingerprint density at radius 3 is 2.21 bits per heavy atom. The lowest BCUT2D eigenvalue weighted by atomic mass is 10.1. The summed E-state index contributed by atoms with van der Waals surface area (Å²) in [5, 5.41) is 4.37. The molecule has 0 aliphatic rings. The lowest BCUT2D eigenvalue weighted by molar-refractivity contribution is -0.138. The van der Waals surface area contributed by atoms with Crippen LogP contribution in [0.4, 0.5) is 45.2 Å². The molecule has 3 N–H and O–H groups in total. The first kappa shape index (κ1) is 33.0. The molecule has 3 aromatic heterocycles. The summed E-state index contributed by atoms with van der Waals surface area (Å²) >= 11 is 0. The summed E-state index contributed by atoms with van der Waals surface area (Å²) in [4.78, 5) is 30.5. The number of aryl methyl sites for hydroxylation is 1. The van der Waals surface area contributed by atoms with Crippen LogP contribution in [0.5, 0.6) is 0 Å². The van der Waals surface area contributed by atoms with Gasteiger partial charge in [-0.25, -0.2) is 32.6 Å². The van der Waals surface area contributed by atoms with E-state index in [2.05, 4.69) is 19.8 Å². The molecule has 232 valence electrons. The van der Waals surface area contributed by atoms with Crippen molar-refractivity contribution in [1.82, 2.24) is 24.7 Å². The maximum Gasteiger partial charge on any atom is 0.423 e. The average molecular weight is 624 g/mol. The average Bonchev–Trinajstić information content (AvgIpc) is 2.93. The zero-order valence-corrected chi connectivity index (χ0v) is 21.6. The number of unbranched alkanes of at least 4 members (excludes halogenated alkanes) is 2. The number of hydrogen-bond acceptors (Lipinski definition) is 7. The van der Waals surface area contributed by atoms with Crippen LogP contribution in [0.2, 0.25) is 0 Å². The zero-order chi connectivity index (χ0) is 31.9. The summed E-state index contributed by atoms with van der Waals surface area (Å²) in [5.74, 6) is -3.05. The van der Waals surface area contributed by atoms with Gasteiger partial charge in [0.25, 0.3) is 17.5 Å². The second kappa shape index (κ2) is 14.1. The maximum absolute atomic E-state index is 14.7. The quantitative estimate of drug-likeness (QED) is 0.187. The third-order valence-electron chi connectivity index (χ3n) is 5.77. The second-order valence-electron chi connectivity index (χ2n) is 8.69.